The molecule has 1 amide bonds. The van der Waals surface area contributed by atoms with Crippen molar-refractivity contribution in [1.29, 1.82) is 0 Å². The molecule has 8 atom stereocenters. The largest absolute Gasteiger partial charge is 0.393 e. The molecule has 0 unspecified atom stereocenters. The van der Waals surface area contributed by atoms with Crippen LogP contribution in [-0.4, -0.2) is 40.2 Å². The van der Waals surface area contributed by atoms with E-state index in [1.54, 1.807) is 0 Å². The van der Waals surface area contributed by atoms with Crippen molar-refractivity contribution < 1.29 is 19.8 Å². The molecule has 1 spiro atoms. The molecule has 1 aromatic rings. The van der Waals surface area contributed by atoms with Gasteiger partial charge in [-0.05, 0) is 48.7 Å². The standard InChI is InChI=1S/C29H39NO4/c1-18-9-7-13-22(31)15-16-25(32)29-23(14-8-10-18)27(33)20(3)19(2)26(29)24(30-28(29)34)17-21-11-5-4-6-12-21/h4-6,8,11-12,14,18-19,22-24,26-27,31,33H,3,7,9-10,13,15-17H2,1-2H3,(H,30,34)/t18-,19-,22-,23-,24+,26+,27-,29-/m1/s1. The number of benzene rings is 1. The van der Waals surface area contributed by atoms with Gasteiger partial charge in [0.1, 0.15) is 11.2 Å². The molecule has 3 aliphatic rings. The molecule has 0 bridgehead atoms. The zero-order chi connectivity index (χ0) is 24.5. The molecule has 0 radical (unpaired) electrons. The van der Waals surface area contributed by atoms with Crippen molar-refractivity contribution in [2.75, 3.05) is 0 Å². The van der Waals surface area contributed by atoms with Gasteiger partial charge in [0, 0.05) is 24.3 Å². The number of Topliss-reactive ketones (excluding diaryl/α,β-unsaturated/α-hetero) is 1. The van der Waals surface area contributed by atoms with Crippen LogP contribution in [0.5, 0.6) is 0 Å². The van der Waals surface area contributed by atoms with E-state index in [9.17, 15) is 19.8 Å². The summed E-state index contributed by atoms with van der Waals surface area (Å²) in [6.45, 7) is 8.38. The molecule has 5 heteroatoms. The monoisotopic (exact) mass is 465 g/mol. The highest BCUT2D eigenvalue weighted by Gasteiger charge is 2.68. The lowest BCUT2D eigenvalue weighted by atomic mass is 9.51. The maximum atomic E-state index is 14.0. The van der Waals surface area contributed by atoms with E-state index in [0.717, 1.165) is 24.8 Å². The van der Waals surface area contributed by atoms with Crippen LogP contribution in [0.2, 0.25) is 0 Å². The van der Waals surface area contributed by atoms with Crippen LogP contribution in [0, 0.1) is 29.1 Å². The number of aliphatic hydroxyl groups excluding tert-OH is 2. The minimum Gasteiger partial charge on any atom is -0.393 e. The molecule has 0 aromatic heterocycles. The molecule has 3 N–H and O–H groups in total. The van der Waals surface area contributed by atoms with Crippen LogP contribution >= 0.6 is 0 Å². The van der Waals surface area contributed by atoms with Gasteiger partial charge >= 0.3 is 0 Å². The first-order valence-electron chi connectivity index (χ1n) is 12.9. The van der Waals surface area contributed by atoms with Crippen molar-refractivity contribution in [2.45, 2.75) is 77.0 Å². The Morgan fingerprint density at radius 1 is 1.09 bits per heavy atom. The topological polar surface area (TPSA) is 86.6 Å². The number of hydrogen-bond acceptors (Lipinski definition) is 4. The Bertz CT molecular complexity index is 941. The lowest BCUT2D eigenvalue weighted by molar-refractivity contribution is -0.152. The maximum absolute atomic E-state index is 14.0. The van der Waals surface area contributed by atoms with Gasteiger partial charge in [-0.3, -0.25) is 9.59 Å². The molecular formula is C29H39NO4. The Morgan fingerprint density at radius 2 is 1.82 bits per heavy atom. The summed E-state index contributed by atoms with van der Waals surface area (Å²) < 4.78 is 0. The Kier molecular flexibility index (Phi) is 7.44. The van der Waals surface area contributed by atoms with Gasteiger partial charge in [0.25, 0.3) is 0 Å². The van der Waals surface area contributed by atoms with Gasteiger partial charge in [0.15, 0.2) is 0 Å². The van der Waals surface area contributed by atoms with Crippen molar-refractivity contribution in [3.63, 3.8) is 0 Å². The van der Waals surface area contributed by atoms with E-state index in [2.05, 4.69) is 18.8 Å². The summed E-state index contributed by atoms with van der Waals surface area (Å²) in [7, 11) is 0. The Labute approximate surface area is 203 Å². The number of aliphatic hydroxyl groups is 2. The summed E-state index contributed by atoms with van der Waals surface area (Å²) in [5, 5.41) is 25.0. The molecule has 2 fully saturated rings. The summed E-state index contributed by atoms with van der Waals surface area (Å²) in [6, 6.07) is 9.77. The summed E-state index contributed by atoms with van der Waals surface area (Å²) in [6.07, 6.45) is 6.94. The van der Waals surface area contributed by atoms with E-state index in [4.69, 9.17) is 0 Å². The first-order valence-corrected chi connectivity index (χ1v) is 12.9. The molecule has 34 heavy (non-hydrogen) atoms. The summed E-state index contributed by atoms with van der Waals surface area (Å²) in [4.78, 5) is 27.9. The average molecular weight is 466 g/mol. The predicted molar refractivity (Wildman–Crippen MR) is 133 cm³/mol. The third-order valence-electron chi connectivity index (χ3n) is 8.60. The third-order valence-corrected chi connectivity index (χ3v) is 8.60. The summed E-state index contributed by atoms with van der Waals surface area (Å²) in [5.41, 5.74) is 0.435. The molecule has 1 saturated carbocycles. The van der Waals surface area contributed by atoms with Crippen molar-refractivity contribution in [3.05, 3.63) is 60.2 Å². The zero-order valence-corrected chi connectivity index (χ0v) is 20.5. The second-order valence-corrected chi connectivity index (χ2v) is 10.8. The van der Waals surface area contributed by atoms with E-state index < -0.39 is 23.5 Å². The van der Waals surface area contributed by atoms with Crippen molar-refractivity contribution in [1.82, 2.24) is 5.32 Å². The van der Waals surface area contributed by atoms with Gasteiger partial charge < -0.3 is 15.5 Å². The predicted octanol–water partition coefficient (Wildman–Crippen LogP) is 3.99. The van der Waals surface area contributed by atoms with Gasteiger partial charge in [0.05, 0.1) is 12.2 Å². The van der Waals surface area contributed by atoms with Crippen LogP contribution in [0.1, 0.15) is 57.9 Å². The van der Waals surface area contributed by atoms with Gasteiger partial charge in [-0.15, -0.1) is 0 Å². The van der Waals surface area contributed by atoms with Crippen molar-refractivity contribution >= 4 is 11.7 Å². The normalized spacial score (nSPS) is 39.3. The smallest absolute Gasteiger partial charge is 0.235 e. The second kappa shape index (κ2) is 10.2. The van der Waals surface area contributed by atoms with E-state index in [1.807, 2.05) is 49.4 Å². The molecule has 5 nitrogen and oxygen atoms in total. The molecule has 1 saturated heterocycles. The Morgan fingerprint density at radius 3 is 2.56 bits per heavy atom. The Hall–Kier alpha value is -2.24. The molecule has 184 valence electrons. The SMILES string of the molecule is C=C1[C@@H](C)[C@H]2[C@H](Cc3ccccc3)NC(=O)[C@]23C(=O)CC[C@H](O)CCC[C@@H](C)CC=C[C@@H]3[C@@H]1O. The van der Waals surface area contributed by atoms with Gasteiger partial charge in [0.2, 0.25) is 5.91 Å². The first-order chi connectivity index (χ1) is 16.3. The van der Waals surface area contributed by atoms with Gasteiger partial charge in [-0.25, -0.2) is 0 Å². The number of rotatable bonds is 2. The molecular weight excluding hydrogens is 426 g/mol. The first kappa shape index (κ1) is 24.9. The van der Waals surface area contributed by atoms with Gasteiger partial charge in [-0.2, -0.15) is 0 Å². The fourth-order valence-corrected chi connectivity index (χ4v) is 6.67. The quantitative estimate of drug-likeness (QED) is 0.455. The highest BCUT2D eigenvalue weighted by atomic mass is 16.3. The lowest BCUT2D eigenvalue weighted by Crippen LogP contribution is -2.58. The highest BCUT2D eigenvalue weighted by Crippen LogP contribution is 2.56. The summed E-state index contributed by atoms with van der Waals surface area (Å²) in [5.74, 6) is -1.18. The lowest BCUT2D eigenvalue weighted by Gasteiger charge is -2.49. The number of hydrogen-bond donors (Lipinski definition) is 3. The van der Waals surface area contributed by atoms with E-state index in [-0.39, 0.29) is 36.0 Å². The van der Waals surface area contributed by atoms with E-state index in [0.29, 0.717) is 30.8 Å². The number of carbonyl (C=O) groups excluding carboxylic acids is 2. The number of allylic oxidation sites excluding steroid dienone is 1. The number of carbonyl (C=O) groups is 2. The number of nitrogens with one attached hydrogen (secondary N) is 1. The summed E-state index contributed by atoms with van der Waals surface area (Å²) >= 11 is 0. The molecule has 1 aliphatic heterocycles. The maximum Gasteiger partial charge on any atom is 0.235 e. The third kappa shape index (κ3) is 4.40. The zero-order valence-electron chi connectivity index (χ0n) is 20.5. The second-order valence-electron chi connectivity index (χ2n) is 10.8. The molecule has 1 heterocycles. The van der Waals surface area contributed by atoms with Crippen LogP contribution in [0.25, 0.3) is 0 Å². The van der Waals surface area contributed by atoms with Crippen LogP contribution in [0.4, 0.5) is 0 Å². The molecule has 1 aromatic carbocycles. The Balaban J connectivity index is 1.79. The van der Waals surface area contributed by atoms with Gasteiger partial charge in [-0.1, -0.05) is 75.8 Å². The molecule has 4 rings (SSSR count). The van der Waals surface area contributed by atoms with Crippen molar-refractivity contribution in [2.24, 2.45) is 29.1 Å². The van der Waals surface area contributed by atoms with Crippen LogP contribution in [-0.2, 0) is 16.0 Å². The minimum absolute atomic E-state index is 0.134. The fraction of sp³-hybridized carbons (Fsp3) is 0.586. The minimum atomic E-state index is -1.35. The van der Waals surface area contributed by atoms with Crippen LogP contribution in [0.3, 0.4) is 0 Å². The van der Waals surface area contributed by atoms with Crippen LogP contribution < -0.4 is 5.32 Å². The van der Waals surface area contributed by atoms with E-state index >= 15 is 0 Å². The van der Waals surface area contributed by atoms with E-state index in [1.165, 1.54) is 0 Å². The average Bonchev–Trinajstić information content (AvgIpc) is 3.11. The molecule has 2 aliphatic carbocycles. The van der Waals surface area contributed by atoms with Crippen LogP contribution in [0.15, 0.2) is 54.6 Å². The number of ketones is 1. The fourth-order valence-electron chi connectivity index (χ4n) is 6.67. The number of amides is 1. The van der Waals surface area contributed by atoms with Crippen molar-refractivity contribution in [3.8, 4) is 0 Å². The highest BCUT2D eigenvalue weighted by molar-refractivity contribution is 6.09.